The molecule has 0 fully saturated rings. The summed E-state index contributed by atoms with van der Waals surface area (Å²) in [6.45, 7) is 0. The third kappa shape index (κ3) is 5.56. The molecule has 0 unspecified atom stereocenters. The molecule has 0 spiro atoms. The fourth-order valence-corrected chi connectivity index (χ4v) is 10.4. The average molecular weight is 788 g/mol. The number of nitrogens with zero attached hydrogens (tertiary/aromatic N) is 1. The van der Waals surface area contributed by atoms with Gasteiger partial charge in [0.1, 0.15) is 0 Å². The summed E-state index contributed by atoms with van der Waals surface area (Å²) in [5.74, 6) is 0. The zero-order chi connectivity index (χ0) is 41.0. The third-order valence-corrected chi connectivity index (χ3v) is 13.1. The molecule has 0 bridgehead atoms. The van der Waals surface area contributed by atoms with Crippen LogP contribution in [0.25, 0.3) is 65.7 Å². The SMILES string of the molecule is c1ccc(-c2c(-c3ccc(N(c4ccc5c(c4)C(c4ccccc4)(c4ccccc4)c4ccccc4-5)c4cc5ccccc5c5ccccc45)cc3)ccc3ccccc23)cc1. The van der Waals surface area contributed by atoms with Crippen LogP contribution in [0.5, 0.6) is 0 Å². The number of hydrogen-bond donors (Lipinski definition) is 0. The van der Waals surface area contributed by atoms with Crippen molar-refractivity contribution >= 4 is 49.4 Å². The number of fused-ring (bicyclic) bond motifs is 7. The molecule has 290 valence electrons. The lowest BCUT2D eigenvalue weighted by Crippen LogP contribution is -2.28. The van der Waals surface area contributed by atoms with E-state index in [4.69, 9.17) is 0 Å². The summed E-state index contributed by atoms with van der Waals surface area (Å²) in [4.78, 5) is 2.49. The highest BCUT2D eigenvalue weighted by Gasteiger charge is 2.46. The summed E-state index contributed by atoms with van der Waals surface area (Å²) >= 11 is 0. The minimum Gasteiger partial charge on any atom is -0.310 e. The molecule has 0 saturated carbocycles. The first kappa shape index (κ1) is 35.9. The lowest BCUT2D eigenvalue weighted by atomic mass is 9.67. The lowest BCUT2D eigenvalue weighted by Gasteiger charge is -2.35. The average Bonchev–Trinajstić information content (AvgIpc) is 3.65. The minimum absolute atomic E-state index is 0.518. The van der Waals surface area contributed by atoms with Gasteiger partial charge in [0.2, 0.25) is 0 Å². The lowest BCUT2D eigenvalue weighted by molar-refractivity contribution is 0.768. The van der Waals surface area contributed by atoms with Gasteiger partial charge in [-0.3, -0.25) is 0 Å². The van der Waals surface area contributed by atoms with Crippen molar-refractivity contribution in [2.24, 2.45) is 0 Å². The Hall–Kier alpha value is -8.00. The molecule has 0 amide bonds. The van der Waals surface area contributed by atoms with Crippen molar-refractivity contribution in [3.8, 4) is 33.4 Å². The summed E-state index contributed by atoms with van der Waals surface area (Å²) in [6.07, 6.45) is 0. The van der Waals surface area contributed by atoms with Crippen LogP contribution >= 0.6 is 0 Å². The molecule has 1 nitrogen and oxygen atoms in total. The van der Waals surface area contributed by atoms with E-state index >= 15 is 0 Å². The maximum atomic E-state index is 2.49. The molecular weight excluding hydrogens is 747 g/mol. The second-order valence-electron chi connectivity index (χ2n) is 16.4. The Morgan fingerprint density at radius 1 is 0.290 bits per heavy atom. The van der Waals surface area contributed by atoms with Gasteiger partial charge in [-0.2, -0.15) is 0 Å². The molecule has 0 N–H and O–H groups in total. The Kier molecular flexibility index (Phi) is 8.47. The molecule has 62 heavy (non-hydrogen) atoms. The van der Waals surface area contributed by atoms with Gasteiger partial charge < -0.3 is 4.90 Å². The van der Waals surface area contributed by atoms with Gasteiger partial charge in [-0.15, -0.1) is 0 Å². The molecule has 0 saturated heterocycles. The van der Waals surface area contributed by atoms with Gasteiger partial charge in [-0.25, -0.2) is 0 Å². The standard InChI is InChI=1S/C61H41N/c1-4-19-44(20-5-1)60-51-27-13-10-18-42(51)34-38-52(60)43-32-35-48(36-33-43)62(59-40-45-21-11-12-26-50(45)53-28-14-15-30-56(53)59)49-37-39-55-54-29-16-17-31-57(54)61(58(55)41-49,46-22-6-2-7-23-46)47-24-8-3-9-25-47/h1-41H. The van der Waals surface area contributed by atoms with Crippen molar-refractivity contribution in [2.45, 2.75) is 5.41 Å². The zero-order valence-electron chi connectivity index (χ0n) is 34.1. The molecule has 0 aromatic heterocycles. The first-order valence-electron chi connectivity index (χ1n) is 21.5. The van der Waals surface area contributed by atoms with Crippen molar-refractivity contribution in [1.29, 1.82) is 0 Å². The smallest absolute Gasteiger partial charge is 0.0714 e. The van der Waals surface area contributed by atoms with Gasteiger partial charge in [0.25, 0.3) is 0 Å². The highest BCUT2D eigenvalue weighted by atomic mass is 15.1. The van der Waals surface area contributed by atoms with Crippen molar-refractivity contribution < 1.29 is 0 Å². The monoisotopic (exact) mass is 787 g/mol. The molecule has 0 radical (unpaired) electrons. The van der Waals surface area contributed by atoms with Crippen molar-refractivity contribution in [3.05, 3.63) is 271 Å². The quantitative estimate of drug-likeness (QED) is 0.145. The van der Waals surface area contributed by atoms with Crippen LogP contribution in [0.1, 0.15) is 22.3 Å². The van der Waals surface area contributed by atoms with E-state index in [1.165, 1.54) is 88.0 Å². The summed E-state index contributed by atoms with van der Waals surface area (Å²) in [5, 5.41) is 7.40. The zero-order valence-corrected chi connectivity index (χ0v) is 34.1. The van der Waals surface area contributed by atoms with Gasteiger partial charge >= 0.3 is 0 Å². The predicted octanol–water partition coefficient (Wildman–Crippen LogP) is 16.3. The van der Waals surface area contributed by atoms with Crippen LogP contribution in [-0.4, -0.2) is 0 Å². The first-order valence-corrected chi connectivity index (χ1v) is 21.5. The highest BCUT2D eigenvalue weighted by molar-refractivity contribution is 6.15. The highest BCUT2D eigenvalue weighted by Crippen LogP contribution is 2.57. The Balaban J connectivity index is 1.11. The maximum absolute atomic E-state index is 2.49. The molecule has 1 aliphatic carbocycles. The molecule has 12 rings (SSSR count). The van der Waals surface area contributed by atoms with Crippen LogP contribution in [0.3, 0.4) is 0 Å². The fourth-order valence-electron chi connectivity index (χ4n) is 10.4. The second kappa shape index (κ2) is 14.6. The van der Waals surface area contributed by atoms with Crippen molar-refractivity contribution in [2.75, 3.05) is 4.90 Å². The van der Waals surface area contributed by atoms with Gasteiger partial charge in [-0.1, -0.05) is 218 Å². The summed E-state index contributed by atoms with van der Waals surface area (Å²) in [7, 11) is 0. The Morgan fingerprint density at radius 3 is 1.55 bits per heavy atom. The van der Waals surface area contributed by atoms with Gasteiger partial charge in [0, 0.05) is 16.8 Å². The molecule has 0 atom stereocenters. The van der Waals surface area contributed by atoms with Crippen LogP contribution in [0.15, 0.2) is 249 Å². The fraction of sp³-hybridized carbons (Fsp3) is 0.0164. The number of anilines is 3. The molecule has 1 aliphatic rings. The van der Waals surface area contributed by atoms with Gasteiger partial charge in [0.15, 0.2) is 0 Å². The Labute approximate surface area is 362 Å². The minimum atomic E-state index is -0.518. The summed E-state index contributed by atoms with van der Waals surface area (Å²) in [5.41, 5.74) is 15.3. The van der Waals surface area contributed by atoms with Crippen LogP contribution in [-0.2, 0) is 5.41 Å². The number of rotatable bonds is 7. The van der Waals surface area contributed by atoms with Crippen molar-refractivity contribution in [3.63, 3.8) is 0 Å². The van der Waals surface area contributed by atoms with E-state index in [2.05, 4.69) is 254 Å². The first-order chi connectivity index (χ1) is 30.8. The summed E-state index contributed by atoms with van der Waals surface area (Å²) in [6, 6.07) is 91.7. The van der Waals surface area contributed by atoms with E-state index < -0.39 is 5.41 Å². The number of benzene rings is 11. The van der Waals surface area contributed by atoms with Crippen LogP contribution in [0.2, 0.25) is 0 Å². The van der Waals surface area contributed by atoms with E-state index in [-0.39, 0.29) is 0 Å². The maximum Gasteiger partial charge on any atom is 0.0714 e. The third-order valence-electron chi connectivity index (χ3n) is 13.1. The van der Waals surface area contributed by atoms with E-state index in [1.807, 2.05) is 0 Å². The Morgan fingerprint density at radius 2 is 0.823 bits per heavy atom. The van der Waals surface area contributed by atoms with Crippen molar-refractivity contribution in [1.82, 2.24) is 0 Å². The largest absolute Gasteiger partial charge is 0.310 e. The van der Waals surface area contributed by atoms with Crippen LogP contribution in [0, 0.1) is 0 Å². The van der Waals surface area contributed by atoms with Gasteiger partial charge in [0.05, 0.1) is 11.1 Å². The molecule has 0 aliphatic heterocycles. The van der Waals surface area contributed by atoms with E-state index in [0.29, 0.717) is 0 Å². The second-order valence-corrected chi connectivity index (χ2v) is 16.4. The molecule has 11 aromatic rings. The molecule has 11 aromatic carbocycles. The Bertz CT molecular complexity index is 3400. The van der Waals surface area contributed by atoms with E-state index in [1.54, 1.807) is 0 Å². The molecule has 0 heterocycles. The predicted molar refractivity (Wildman–Crippen MR) is 262 cm³/mol. The summed E-state index contributed by atoms with van der Waals surface area (Å²) < 4.78 is 0. The van der Waals surface area contributed by atoms with E-state index in [9.17, 15) is 0 Å². The van der Waals surface area contributed by atoms with Gasteiger partial charge in [-0.05, 0) is 113 Å². The topological polar surface area (TPSA) is 3.24 Å². The number of hydrogen-bond acceptors (Lipinski definition) is 1. The molecule has 1 heteroatoms. The normalized spacial score (nSPS) is 12.6. The van der Waals surface area contributed by atoms with E-state index in [0.717, 1.165) is 17.1 Å². The van der Waals surface area contributed by atoms with Crippen LogP contribution in [0.4, 0.5) is 17.1 Å². The van der Waals surface area contributed by atoms with Crippen LogP contribution < -0.4 is 4.90 Å². The molecular formula is C61H41N.